The molecule has 7 atom stereocenters. The zero-order valence-electron chi connectivity index (χ0n) is 17.7. The van der Waals surface area contributed by atoms with Gasteiger partial charge in [-0.05, 0) is 57.4 Å². The van der Waals surface area contributed by atoms with Crippen molar-refractivity contribution in [3.63, 3.8) is 0 Å². The van der Waals surface area contributed by atoms with Crippen LogP contribution in [0.4, 0.5) is 4.39 Å². The lowest BCUT2D eigenvalue weighted by molar-refractivity contribution is -0.231. The Morgan fingerprint density at radius 3 is 2.45 bits per heavy atom. The van der Waals surface area contributed by atoms with E-state index in [2.05, 4.69) is 0 Å². The van der Waals surface area contributed by atoms with Crippen molar-refractivity contribution >= 4 is 17.5 Å². The van der Waals surface area contributed by atoms with Gasteiger partial charge in [0, 0.05) is 30.1 Å². The van der Waals surface area contributed by atoms with Gasteiger partial charge in [-0.2, -0.15) is 0 Å². The number of hydrogen-bond donors (Lipinski definition) is 1. The number of allylic oxidation sites excluding steroid dienone is 1. The second-order valence-electron chi connectivity index (χ2n) is 10.1. The van der Waals surface area contributed by atoms with Crippen LogP contribution in [-0.2, 0) is 19.1 Å². The third kappa shape index (κ3) is 2.38. The first-order chi connectivity index (χ1) is 13.4. The minimum absolute atomic E-state index is 0.0287. The van der Waals surface area contributed by atoms with E-state index in [1.807, 2.05) is 13.8 Å². The van der Waals surface area contributed by atoms with E-state index >= 15 is 4.39 Å². The highest BCUT2D eigenvalue weighted by molar-refractivity contribution is 5.92. The Hall–Kier alpha value is -1.56. The number of ketones is 2. The first-order valence-electron chi connectivity index (χ1n) is 10.7. The van der Waals surface area contributed by atoms with Crippen molar-refractivity contribution in [2.24, 2.45) is 22.7 Å². The van der Waals surface area contributed by atoms with Gasteiger partial charge in [-0.1, -0.05) is 19.4 Å². The Bertz CT molecular complexity index is 820. The molecule has 3 fully saturated rings. The highest BCUT2D eigenvalue weighted by Gasteiger charge is 2.75. The fourth-order valence-corrected chi connectivity index (χ4v) is 7.62. The maximum atomic E-state index is 17.0. The fraction of sp³-hybridized carbons (Fsp3) is 0.783. The molecule has 29 heavy (non-hydrogen) atoms. The molecule has 0 aliphatic heterocycles. The van der Waals surface area contributed by atoms with E-state index in [1.54, 1.807) is 6.08 Å². The number of esters is 1. The van der Waals surface area contributed by atoms with E-state index in [0.29, 0.717) is 32.1 Å². The summed E-state index contributed by atoms with van der Waals surface area (Å²) in [6.07, 6.45) is 3.15. The fourth-order valence-electron chi connectivity index (χ4n) is 7.62. The average molecular weight is 406 g/mol. The molecule has 0 spiro atoms. The van der Waals surface area contributed by atoms with Crippen molar-refractivity contribution in [2.45, 2.75) is 90.0 Å². The van der Waals surface area contributed by atoms with E-state index in [-0.39, 0.29) is 30.3 Å². The molecule has 160 valence electrons. The summed E-state index contributed by atoms with van der Waals surface area (Å²) in [5.74, 6) is -1.35. The van der Waals surface area contributed by atoms with Gasteiger partial charge in [0.25, 0.3) is 0 Å². The predicted molar refractivity (Wildman–Crippen MR) is 104 cm³/mol. The van der Waals surface area contributed by atoms with Gasteiger partial charge in [0.15, 0.2) is 17.2 Å². The van der Waals surface area contributed by atoms with Gasteiger partial charge in [-0.15, -0.1) is 0 Å². The highest BCUT2D eigenvalue weighted by Crippen LogP contribution is 2.70. The van der Waals surface area contributed by atoms with Crippen LogP contribution < -0.4 is 0 Å². The zero-order chi connectivity index (χ0) is 21.4. The molecule has 3 unspecified atom stereocenters. The van der Waals surface area contributed by atoms with Crippen LogP contribution >= 0.6 is 0 Å². The second-order valence-corrected chi connectivity index (χ2v) is 10.1. The van der Waals surface area contributed by atoms with Crippen molar-refractivity contribution in [1.82, 2.24) is 0 Å². The summed E-state index contributed by atoms with van der Waals surface area (Å²) in [5.41, 5.74) is -4.05. The number of Topliss-reactive ketones (excluding diaryl/α,β-unsaturated/α-hetero) is 1. The third-order valence-electron chi connectivity index (χ3n) is 9.05. The minimum atomic E-state index is -1.86. The smallest absolute Gasteiger partial charge is 0.303 e. The van der Waals surface area contributed by atoms with E-state index in [4.69, 9.17) is 4.74 Å². The number of rotatable bonds is 2. The Morgan fingerprint density at radius 2 is 1.83 bits per heavy atom. The molecule has 6 heteroatoms. The van der Waals surface area contributed by atoms with E-state index < -0.39 is 40.1 Å². The van der Waals surface area contributed by atoms with Crippen LogP contribution in [0.1, 0.15) is 72.6 Å². The van der Waals surface area contributed by atoms with Crippen LogP contribution in [0.3, 0.4) is 0 Å². The molecule has 1 N–H and O–H groups in total. The first-order valence-corrected chi connectivity index (χ1v) is 10.7. The standard InChI is InChI=1S/C23H31FO5/c1-13(25)22(29-14(2)26)10-8-17-18-6-5-15-11-16(27)7-9-20(15,3)23(18,24)19(28)12-21(17,22)4/h11,17-19,28H,5-10,12H2,1-4H3/t17?,18?,19?,20-,21-,22-,23+/m0/s1. The molecule has 4 aliphatic carbocycles. The number of hydrogen-bond acceptors (Lipinski definition) is 5. The molecule has 4 rings (SSSR count). The van der Waals surface area contributed by atoms with E-state index in [0.717, 1.165) is 5.57 Å². The topological polar surface area (TPSA) is 80.7 Å². The molecular formula is C23H31FO5. The van der Waals surface area contributed by atoms with Crippen LogP contribution in [0.25, 0.3) is 0 Å². The number of ether oxygens (including phenoxy) is 1. The SMILES string of the molecule is CC(=O)O[C@]1(C(C)=O)CCC2C3CCC4=CC(=O)CC[C@]4(C)[C@]3(F)C(O)C[C@@]21C. The van der Waals surface area contributed by atoms with E-state index in [9.17, 15) is 19.5 Å². The summed E-state index contributed by atoms with van der Waals surface area (Å²) in [4.78, 5) is 36.6. The van der Waals surface area contributed by atoms with Gasteiger partial charge in [0.1, 0.15) is 5.67 Å². The van der Waals surface area contributed by atoms with Crippen LogP contribution in [0, 0.1) is 22.7 Å². The predicted octanol–water partition coefficient (Wildman–Crippen LogP) is 3.47. The molecule has 0 aromatic carbocycles. The molecule has 5 nitrogen and oxygen atoms in total. The van der Waals surface area contributed by atoms with Gasteiger partial charge in [-0.25, -0.2) is 4.39 Å². The molecule has 0 heterocycles. The molecule has 0 bridgehead atoms. The molecule has 0 aromatic heterocycles. The number of alkyl halides is 1. The monoisotopic (exact) mass is 406 g/mol. The van der Waals surface area contributed by atoms with Gasteiger partial charge in [0.05, 0.1) is 6.10 Å². The summed E-state index contributed by atoms with van der Waals surface area (Å²) >= 11 is 0. The van der Waals surface area contributed by atoms with Gasteiger partial charge >= 0.3 is 5.97 Å². The number of aliphatic hydroxyl groups excluding tert-OH is 1. The zero-order valence-corrected chi connectivity index (χ0v) is 17.7. The molecule has 0 amide bonds. The highest BCUT2D eigenvalue weighted by atomic mass is 19.1. The summed E-state index contributed by atoms with van der Waals surface area (Å²) < 4.78 is 22.6. The summed E-state index contributed by atoms with van der Waals surface area (Å²) in [6, 6.07) is 0. The largest absolute Gasteiger partial charge is 0.451 e. The summed E-state index contributed by atoms with van der Waals surface area (Å²) in [7, 11) is 0. The summed E-state index contributed by atoms with van der Waals surface area (Å²) in [5, 5.41) is 11.3. The maximum Gasteiger partial charge on any atom is 0.303 e. The van der Waals surface area contributed by atoms with Crippen LogP contribution in [-0.4, -0.2) is 40.0 Å². The molecule has 4 aliphatic rings. The van der Waals surface area contributed by atoms with Crippen molar-refractivity contribution in [3.8, 4) is 0 Å². The molecule has 0 aromatic rings. The van der Waals surface area contributed by atoms with Crippen LogP contribution in [0.15, 0.2) is 11.6 Å². The molecule has 0 radical (unpaired) electrons. The Balaban J connectivity index is 1.81. The molecular weight excluding hydrogens is 375 g/mol. The lowest BCUT2D eigenvalue weighted by Crippen LogP contribution is -2.69. The Labute approximate surface area is 171 Å². The number of aliphatic hydroxyl groups is 1. The number of carbonyl (C=O) groups excluding carboxylic acids is 3. The average Bonchev–Trinajstić information content (AvgIpc) is 2.90. The maximum absolute atomic E-state index is 17.0. The molecule has 3 saturated carbocycles. The normalized spacial score (nSPS) is 48.8. The third-order valence-corrected chi connectivity index (χ3v) is 9.05. The number of fused-ring (bicyclic) bond motifs is 5. The van der Waals surface area contributed by atoms with Gasteiger partial charge < -0.3 is 9.84 Å². The van der Waals surface area contributed by atoms with Crippen LogP contribution in [0.2, 0.25) is 0 Å². The summed E-state index contributed by atoms with van der Waals surface area (Å²) in [6.45, 7) is 6.45. The Kier molecular flexibility index (Phi) is 4.44. The second kappa shape index (κ2) is 6.22. The number of halogens is 1. The van der Waals surface area contributed by atoms with Gasteiger partial charge in [0.2, 0.25) is 0 Å². The van der Waals surface area contributed by atoms with Crippen molar-refractivity contribution < 1.29 is 28.6 Å². The Morgan fingerprint density at radius 1 is 1.14 bits per heavy atom. The molecule has 0 saturated heterocycles. The van der Waals surface area contributed by atoms with Crippen molar-refractivity contribution in [2.75, 3.05) is 0 Å². The van der Waals surface area contributed by atoms with Crippen molar-refractivity contribution in [3.05, 3.63) is 11.6 Å². The van der Waals surface area contributed by atoms with E-state index in [1.165, 1.54) is 13.8 Å². The van der Waals surface area contributed by atoms with Gasteiger partial charge in [-0.3, -0.25) is 14.4 Å². The quantitative estimate of drug-likeness (QED) is 0.710. The van der Waals surface area contributed by atoms with Crippen LogP contribution in [0.5, 0.6) is 0 Å². The van der Waals surface area contributed by atoms with Crippen molar-refractivity contribution in [1.29, 1.82) is 0 Å². The minimum Gasteiger partial charge on any atom is -0.451 e. The number of carbonyl (C=O) groups is 3. The first kappa shape index (κ1) is 20.7. The lowest BCUT2D eigenvalue weighted by atomic mass is 9.44. The lowest BCUT2D eigenvalue weighted by Gasteiger charge is -2.63.